The highest BCUT2D eigenvalue weighted by atomic mass is 15.3. The highest BCUT2D eigenvalue weighted by Crippen LogP contribution is 2.25. The second kappa shape index (κ2) is 7.43. The van der Waals surface area contributed by atoms with Crippen molar-refractivity contribution in [3.63, 3.8) is 0 Å². The van der Waals surface area contributed by atoms with Crippen LogP contribution in [-0.2, 0) is 6.42 Å². The van der Waals surface area contributed by atoms with Gasteiger partial charge in [0.15, 0.2) is 0 Å². The van der Waals surface area contributed by atoms with E-state index in [-0.39, 0.29) is 0 Å². The number of rotatable bonds is 6. The zero-order valence-electron chi connectivity index (χ0n) is 12.7. The molecule has 0 radical (unpaired) electrons. The average Bonchev–Trinajstić information content (AvgIpc) is 2.48. The summed E-state index contributed by atoms with van der Waals surface area (Å²) in [5.41, 5.74) is 3.68. The maximum atomic E-state index is 5.56. The standard InChI is InChI=1S/C15H27N5/c1-3-7-13-18-14(11(2)15(19-13)20-16)17-10-12-8-5-4-6-9-12/h12H,3-10,16H2,1-2H3,(H2,17,18,19,20). The quantitative estimate of drug-likeness (QED) is 0.550. The van der Waals surface area contributed by atoms with Crippen LogP contribution in [-0.4, -0.2) is 16.5 Å². The predicted octanol–water partition coefficient (Wildman–Crippen LogP) is 3.02. The summed E-state index contributed by atoms with van der Waals surface area (Å²) < 4.78 is 0. The van der Waals surface area contributed by atoms with Crippen molar-refractivity contribution in [2.75, 3.05) is 17.3 Å². The van der Waals surface area contributed by atoms with E-state index in [0.717, 1.165) is 48.3 Å². The Morgan fingerprint density at radius 2 is 1.85 bits per heavy atom. The van der Waals surface area contributed by atoms with Crippen molar-refractivity contribution in [3.05, 3.63) is 11.4 Å². The van der Waals surface area contributed by atoms with Crippen molar-refractivity contribution in [2.45, 2.75) is 58.8 Å². The van der Waals surface area contributed by atoms with Gasteiger partial charge in [-0.05, 0) is 32.1 Å². The summed E-state index contributed by atoms with van der Waals surface area (Å²) in [6.07, 6.45) is 8.71. The average molecular weight is 277 g/mol. The summed E-state index contributed by atoms with van der Waals surface area (Å²) in [6, 6.07) is 0. The predicted molar refractivity (Wildman–Crippen MR) is 83.6 cm³/mol. The first-order valence-corrected chi connectivity index (χ1v) is 7.82. The number of anilines is 2. The molecule has 20 heavy (non-hydrogen) atoms. The van der Waals surface area contributed by atoms with Crippen molar-refractivity contribution in [1.29, 1.82) is 0 Å². The van der Waals surface area contributed by atoms with Crippen LogP contribution in [0.3, 0.4) is 0 Å². The van der Waals surface area contributed by atoms with Gasteiger partial charge in [0.1, 0.15) is 17.5 Å². The first kappa shape index (κ1) is 15.0. The fraction of sp³-hybridized carbons (Fsp3) is 0.733. The molecule has 1 saturated carbocycles. The minimum Gasteiger partial charge on any atom is -0.369 e. The Labute approximate surface area is 121 Å². The number of nitrogen functional groups attached to an aromatic ring is 1. The third kappa shape index (κ3) is 3.82. The van der Waals surface area contributed by atoms with Gasteiger partial charge in [0.05, 0.1) is 0 Å². The molecule has 1 aliphatic carbocycles. The molecule has 0 amide bonds. The van der Waals surface area contributed by atoms with E-state index in [1.165, 1.54) is 32.1 Å². The number of hydrogen-bond acceptors (Lipinski definition) is 5. The Hall–Kier alpha value is -1.36. The Kier molecular flexibility index (Phi) is 5.59. The van der Waals surface area contributed by atoms with Gasteiger partial charge in [0.2, 0.25) is 0 Å². The molecule has 1 fully saturated rings. The smallest absolute Gasteiger partial charge is 0.148 e. The topological polar surface area (TPSA) is 75.9 Å². The van der Waals surface area contributed by atoms with Crippen LogP contribution in [0.5, 0.6) is 0 Å². The van der Waals surface area contributed by atoms with Crippen LogP contribution in [0.2, 0.25) is 0 Å². The van der Waals surface area contributed by atoms with Gasteiger partial charge in [-0.25, -0.2) is 15.8 Å². The molecule has 1 aliphatic rings. The highest BCUT2D eigenvalue weighted by molar-refractivity contribution is 5.56. The van der Waals surface area contributed by atoms with Gasteiger partial charge < -0.3 is 10.7 Å². The van der Waals surface area contributed by atoms with Crippen molar-refractivity contribution in [2.24, 2.45) is 11.8 Å². The molecule has 0 spiro atoms. The number of nitrogens with two attached hydrogens (primary N) is 1. The van der Waals surface area contributed by atoms with Gasteiger partial charge >= 0.3 is 0 Å². The maximum absolute atomic E-state index is 5.56. The molecule has 5 heteroatoms. The fourth-order valence-electron chi connectivity index (χ4n) is 2.84. The lowest BCUT2D eigenvalue weighted by molar-refractivity contribution is 0.373. The summed E-state index contributed by atoms with van der Waals surface area (Å²) in [4.78, 5) is 9.09. The third-order valence-electron chi connectivity index (χ3n) is 4.09. The van der Waals surface area contributed by atoms with Gasteiger partial charge in [-0.1, -0.05) is 26.2 Å². The molecule has 1 aromatic heterocycles. The molecule has 0 saturated heterocycles. The maximum Gasteiger partial charge on any atom is 0.148 e. The molecule has 1 aromatic rings. The first-order valence-electron chi connectivity index (χ1n) is 7.82. The van der Waals surface area contributed by atoms with Crippen molar-refractivity contribution in [1.82, 2.24) is 9.97 Å². The summed E-state index contributed by atoms with van der Waals surface area (Å²) in [6.45, 7) is 5.15. The molecule has 0 aliphatic heterocycles. The zero-order chi connectivity index (χ0) is 14.4. The SMILES string of the molecule is CCCc1nc(NN)c(C)c(NCC2CCCCC2)n1. The Balaban J connectivity index is 2.06. The summed E-state index contributed by atoms with van der Waals surface area (Å²) in [5, 5.41) is 3.51. The minimum absolute atomic E-state index is 0.731. The van der Waals surface area contributed by atoms with Crippen LogP contribution in [0, 0.1) is 12.8 Å². The number of hydrogen-bond donors (Lipinski definition) is 3. The van der Waals surface area contributed by atoms with E-state index in [1.54, 1.807) is 0 Å². The lowest BCUT2D eigenvalue weighted by Crippen LogP contribution is -2.20. The molecular weight excluding hydrogens is 250 g/mol. The Morgan fingerprint density at radius 1 is 1.15 bits per heavy atom. The van der Waals surface area contributed by atoms with E-state index in [1.807, 2.05) is 6.92 Å². The van der Waals surface area contributed by atoms with Gasteiger partial charge in [-0.3, -0.25) is 0 Å². The number of aromatic nitrogens is 2. The Bertz CT molecular complexity index is 427. The van der Waals surface area contributed by atoms with Crippen LogP contribution in [0.1, 0.15) is 56.8 Å². The third-order valence-corrected chi connectivity index (χ3v) is 4.09. The van der Waals surface area contributed by atoms with Crippen LogP contribution in [0.15, 0.2) is 0 Å². The van der Waals surface area contributed by atoms with Crippen molar-refractivity contribution in [3.8, 4) is 0 Å². The van der Waals surface area contributed by atoms with Crippen molar-refractivity contribution < 1.29 is 0 Å². The summed E-state index contributed by atoms with van der Waals surface area (Å²) in [7, 11) is 0. The minimum atomic E-state index is 0.731. The number of nitrogens with one attached hydrogen (secondary N) is 2. The van der Waals surface area contributed by atoms with E-state index in [9.17, 15) is 0 Å². The summed E-state index contributed by atoms with van der Waals surface area (Å²) in [5.74, 6) is 8.86. The van der Waals surface area contributed by atoms with Crippen LogP contribution >= 0.6 is 0 Å². The second-order valence-corrected chi connectivity index (χ2v) is 5.74. The molecule has 5 nitrogen and oxygen atoms in total. The second-order valence-electron chi connectivity index (χ2n) is 5.74. The lowest BCUT2D eigenvalue weighted by Gasteiger charge is -2.23. The molecule has 0 atom stereocenters. The van der Waals surface area contributed by atoms with E-state index in [2.05, 4.69) is 27.6 Å². The van der Waals surface area contributed by atoms with Gasteiger partial charge in [-0.15, -0.1) is 0 Å². The normalized spacial score (nSPS) is 16.1. The van der Waals surface area contributed by atoms with E-state index in [0.29, 0.717) is 0 Å². The van der Waals surface area contributed by atoms with E-state index in [4.69, 9.17) is 5.84 Å². The molecule has 112 valence electrons. The molecule has 2 rings (SSSR count). The van der Waals surface area contributed by atoms with Gasteiger partial charge in [0.25, 0.3) is 0 Å². The van der Waals surface area contributed by atoms with Crippen molar-refractivity contribution >= 4 is 11.6 Å². The fourth-order valence-corrected chi connectivity index (χ4v) is 2.84. The Morgan fingerprint density at radius 3 is 2.50 bits per heavy atom. The first-order chi connectivity index (χ1) is 9.74. The molecule has 0 bridgehead atoms. The number of nitrogens with zero attached hydrogens (tertiary/aromatic N) is 2. The monoisotopic (exact) mass is 277 g/mol. The highest BCUT2D eigenvalue weighted by Gasteiger charge is 2.15. The molecule has 1 heterocycles. The molecule has 0 unspecified atom stereocenters. The van der Waals surface area contributed by atoms with E-state index < -0.39 is 0 Å². The lowest BCUT2D eigenvalue weighted by atomic mass is 9.89. The van der Waals surface area contributed by atoms with Crippen LogP contribution in [0.4, 0.5) is 11.6 Å². The van der Waals surface area contributed by atoms with Crippen LogP contribution in [0.25, 0.3) is 0 Å². The zero-order valence-corrected chi connectivity index (χ0v) is 12.7. The number of hydrazine groups is 1. The number of aryl methyl sites for hydroxylation is 1. The largest absolute Gasteiger partial charge is 0.369 e. The van der Waals surface area contributed by atoms with Gasteiger partial charge in [0, 0.05) is 18.5 Å². The van der Waals surface area contributed by atoms with Gasteiger partial charge in [-0.2, -0.15) is 0 Å². The van der Waals surface area contributed by atoms with Crippen LogP contribution < -0.4 is 16.6 Å². The molecule has 4 N–H and O–H groups in total. The van der Waals surface area contributed by atoms with E-state index >= 15 is 0 Å². The summed E-state index contributed by atoms with van der Waals surface area (Å²) >= 11 is 0. The molecular formula is C15H27N5. The molecule has 0 aromatic carbocycles.